The van der Waals surface area contributed by atoms with Crippen LogP contribution in [0.4, 0.5) is 0 Å². The number of benzene rings is 1. The van der Waals surface area contributed by atoms with E-state index in [1.54, 1.807) is 0 Å². The van der Waals surface area contributed by atoms with E-state index in [4.69, 9.17) is 9.84 Å². The summed E-state index contributed by atoms with van der Waals surface area (Å²) in [6.45, 7) is 2.48. The van der Waals surface area contributed by atoms with E-state index in [9.17, 15) is 9.59 Å². The lowest BCUT2D eigenvalue weighted by Crippen LogP contribution is -2.52. The molecule has 1 fully saturated rings. The van der Waals surface area contributed by atoms with Crippen LogP contribution in [-0.2, 0) is 19.7 Å². The monoisotopic (exact) mass is 277 g/mol. The van der Waals surface area contributed by atoms with Crippen LogP contribution in [0.25, 0.3) is 0 Å². The number of amides is 1. The van der Waals surface area contributed by atoms with Crippen LogP contribution >= 0.6 is 0 Å². The largest absolute Gasteiger partial charge is 0.480 e. The lowest BCUT2D eigenvalue weighted by molar-refractivity contribution is -0.143. The van der Waals surface area contributed by atoms with Gasteiger partial charge in [0.2, 0.25) is 5.91 Å². The van der Waals surface area contributed by atoms with Gasteiger partial charge >= 0.3 is 5.97 Å². The van der Waals surface area contributed by atoms with Gasteiger partial charge < -0.3 is 15.2 Å². The van der Waals surface area contributed by atoms with Crippen molar-refractivity contribution in [3.8, 4) is 0 Å². The molecule has 1 amide bonds. The molecule has 1 aliphatic heterocycles. The van der Waals surface area contributed by atoms with E-state index in [1.807, 2.05) is 30.3 Å². The van der Waals surface area contributed by atoms with E-state index in [0.717, 1.165) is 5.56 Å². The Bertz CT molecular complexity index is 480. The molecular formula is C15H19NO4. The molecule has 0 spiro atoms. The molecule has 1 aromatic rings. The molecule has 108 valence electrons. The summed E-state index contributed by atoms with van der Waals surface area (Å²) in [5.74, 6) is -1.27. The highest BCUT2D eigenvalue weighted by Crippen LogP contribution is 2.35. The summed E-state index contributed by atoms with van der Waals surface area (Å²) in [6, 6.07) is 8.60. The summed E-state index contributed by atoms with van der Waals surface area (Å²) in [5, 5.41) is 11.5. The van der Waals surface area contributed by atoms with Gasteiger partial charge in [0.15, 0.2) is 0 Å². The number of rotatable bonds is 4. The number of ether oxygens (including phenoxy) is 1. The zero-order chi connectivity index (χ0) is 14.6. The minimum Gasteiger partial charge on any atom is -0.480 e. The smallest absolute Gasteiger partial charge is 0.325 e. The molecule has 0 bridgehead atoms. The SMILES string of the molecule is CC(NC(=O)C1(c2ccccc2)CCOCC1)C(=O)O. The molecule has 20 heavy (non-hydrogen) atoms. The average Bonchev–Trinajstić information content (AvgIpc) is 2.48. The van der Waals surface area contributed by atoms with Gasteiger partial charge in [-0.2, -0.15) is 0 Å². The Kier molecular flexibility index (Phi) is 4.39. The van der Waals surface area contributed by atoms with Gasteiger partial charge in [-0.1, -0.05) is 30.3 Å². The van der Waals surface area contributed by atoms with Crippen molar-refractivity contribution >= 4 is 11.9 Å². The highest BCUT2D eigenvalue weighted by molar-refractivity contribution is 5.91. The molecule has 0 aliphatic carbocycles. The first kappa shape index (κ1) is 14.5. The first-order chi connectivity index (χ1) is 9.56. The zero-order valence-corrected chi connectivity index (χ0v) is 11.5. The third kappa shape index (κ3) is 2.82. The van der Waals surface area contributed by atoms with Gasteiger partial charge in [0.25, 0.3) is 0 Å². The van der Waals surface area contributed by atoms with Gasteiger partial charge in [-0.05, 0) is 25.3 Å². The summed E-state index contributed by atoms with van der Waals surface area (Å²) in [6.07, 6.45) is 1.13. The Labute approximate surface area is 117 Å². The molecule has 5 nitrogen and oxygen atoms in total. The second-order valence-corrected chi connectivity index (χ2v) is 5.09. The third-order valence-corrected chi connectivity index (χ3v) is 3.83. The topological polar surface area (TPSA) is 75.6 Å². The second-order valence-electron chi connectivity index (χ2n) is 5.09. The first-order valence-electron chi connectivity index (χ1n) is 6.73. The number of carbonyl (C=O) groups is 2. The number of hydrogen-bond acceptors (Lipinski definition) is 3. The quantitative estimate of drug-likeness (QED) is 0.870. The van der Waals surface area contributed by atoms with Crippen LogP contribution in [0.15, 0.2) is 30.3 Å². The summed E-state index contributed by atoms with van der Waals surface area (Å²) < 4.78 is 5.35. The van der Waals surface area contributed by atoms with E-state index in [1.165, 1.54) is 6.92 Å². The summed E-state index contributed by atoms with van der Waals surface area (Å²) >= 11 is 0. The normalized spacial score (nSPS) is 19.1. The number of nitrogens with one attached hydrogen (secondary N) is 1. The summed E-state index contributed by atoms with van der Waals surface area (Å²) in [4.78, 5) is 23.5. The molecule has 1 unspecified atom stereocenters. The maximum Gasteiger partial charge on any atom is 0.325 e. The summed E-state index contributed by atoms with van der Waals surface area (Å²) in [5.41, 5.74) is 0.224. The highest BCUT2D eigenvalue weighted by Gasteiger charge is 2.42. The predicted molar refractivity (Wildman–Crippen MR) is 73.4 cm³/mol. The Morgan fingerprint density at radius 3 is 2.40 bits per heavy atom. The highest BCUT2D eigenvalue weighted by atomic mass is 16.5. The van der Waals surface area contributed by atoms with E-state index in [-0.39, 0.29) is 5.91 Å². The fourth-order valence-electron chi connectivity index (χ4n) is 2.52. The Morgan fingerprint density at radius 1 is 1.25 bits per heavy atom. The minimum atomic E-state index is -1.03. The molecule has 0 radical (unpaired) electrons. The van der Waals surface area contributed by atoms with Crippen molar-refractivity contribution in [2.24, 2.45) is 0 Å². The molecule has 1 heterocycles. The number of aliphatic carboxylic acids is 1. The van der Waals surface area contributed by atoms with Crippen molar-refractivity contribution in [2.45, 2.75) is 31.2 Å². The van der Waals surface area contributed by atoms with Crippen LogP contribution in [-0.4, -0.2) is 36.2 Å². The van der Waals surface area contributed by atoms with Crippen molar-refractivity contribution in [3.05, 3.63) is 35.9 Å². The molecule has 5 heteroatoms. The van der Waals surface area contributed by atoms with Crippen molar-refractivity contribution in [1.29, 1.82) is 0 Å². The van der Waals surface area contributed by atoms with E-state index < -0.39 is 17.4 Å². The molecule has 1 aromatic carbocycles. The second kappa shape index (κ2) is 6.05. The Hall–Kier alpha value is -1.88. The van der Waals surface area contributed by atoms with Crippen LogP contribution in [0.1, 0.15) is 25.3 Å². The van der Waals surface area contributed by atoms with Gasteiger partial charge in [0.05, 0.1) is 5.41 Å². The lowest BCUT2D eigenvalue weighted by Gasteiger charge is -2.36. The van der Waals surface area contributed by atoms with Crippen molar-refractivity contribution in [1.82, 2.24) is 5.32 Å². The van der Waals surface area contributed by atoms with Crippen LogP contribution in [0.3, 0.4) is 0 Å². The van der Waals surface area contributed by atoms with E-state index in [0.29, 0.717) is 26.1 Å². The maximum atomic E-state index is 12.6. The molecule has 1 aliphatic rings. The van der Waals surface area contributed by atoms with Gasteiger partial charge in [-0.25, -0.2) is 0 Å². The van der Waals surface area contributed by atoms with Gasteiger partial charge in [0, 0.05) is 13.2 Å². The number of carboxylic acid groups (broad SMARTS) is 1. The minimum absolute atomic E-state index is 0.234. The fraction of sp³-hybridized carbons (Fsp3) is 0.467. The van der Waals surface area contributed by atoms with E-state index >= 15 is 0 Å². The summed E-state index contributed by atoms with van der Waals surface area (Å²) in [7, 11) is 0. The predicted octanol–water partition coefficient (Wildman–Crippen LogP) is 1.32. The molecule has 0 saturated carbocycles. The number of carbonyl (C=O) groups excluding carboxylic acids is 1. The van der Waals surface area contributed by atoms with Crippen LogP contribution in [0.2, 0.25) is 0 Å². The van der Waals surface area contributed by atoms with Crippen molar-refractivity contribution in [2.75, 3.05) is 13.2 Å². The van der Waals surface area contributed by atoms with E-state index in [2.05, 4.69) is 5.32 Å². The number of hydrogen-bond donors (Lipinski definition) is 2. The van der Waals surface area contributed by atoms with Crippen LogP contribution < -0.4 is 5.32 Å². The Morgan fingerprint density at radius 2 is 1.85 bits per heavy atom. The molecule has 1 saturated heterocycles. The van der Waals surface area contributed by atoms with Crippen LogP contribution in [0.5, 0.6) is 0 Å². The molecule has 1 atom stereocenters. The molecular weight excluding hydrogens is 258 g/mol. The molecule has 0 aromatic heterocycles. The van der Waals surface area contributed by atoms with Gasteiger partial charge in [0.1, 0.15) is 6.04 Å². The maximum absolute atomic E-state index is 12.6. The van der Waals surface area contributed by atoms with Crippen LogP contribution in [0, 0.1) is 0 Å². The fourth-order valence-corrected chi connectivity index (χ4v) is 2.52. The molecule has 2 N–H and O–H groups in total. The zero-order valence-electron chi connectivity index (χ0n) is 11.5. The third-order valence-electron chi connectivity index (χ3n) is 3.83. The first-order valence-corrected chi connectivity index (χ1v) is 6.73. The van der Waals surface area contributed by atoms with Crippen molar-refractivity contribution in [3.63, 3.8) is 0 Å². The Balaban J connectivity index is 2.28. The standard InChI is InChI=1S/C15H19NO4/c1-11(13(17)18)16-14(19)15(7-9-20-10-8-15)12-5-3-2-4-6-12/h2-6,11H,7-10H2,1H3,(H,16,19)(H,17,18). The molecule has 2 rings (SSSR count). The average molecular weight is 277 g/mol. The van der Waals surface area contributed by atoms with Gasteiger partial charge in [-0.15, -0.1) is 0 Å². The van der Waals surface area contributed by atoms with Gasteiger partial charge in [-0.3, -0.25) is 9.59 Å². The lowest BCUT2D eigenvalue weighted by atomic mass is 9.73. The van der Waals surface area contributed by atoms with Crippen molar-refractivity contribution < 1.29 is 19.4 Å². The number of carboxylic acids is 1.